The predicted octanol–water partition coefficient (Wildman–Crippen LogP) is -1.80. The maximum Gasteiger partial charge on any atom is 0.217 e. The number of carbonyl (C=O) groups excluding carboxylic acids is 2. The van der Waals surface area contributed by atoms with Crippen molar-refractivity contribution < 1.29 is 24.5 Å². The number of carbonyl (C=O) groups is 2. The average molecular weight is 217 g/mol. The highest BCUT2D eigenvalue weighted by Crippen LogP contribution is 2.19. The number of hydrogen-bond donors (Lipinski definition) is 3. The molecule has 6 heteroatoms. The molecule has 1 saturated heterocycles. The highest BCUT2D eigenvalue weighted by atomic mass is 16.5. The fraction of sp³-hybridized carbons (Fsp3) is 0.778. The molecule has 0 saturated carbocycles. The summed E-state index contributed by atoms with van der Waals surface area (Å²) in [5, 5.41) is 21.6. The zero-order valence-electron chi connectivity index (χ0n) is 8.58. The van der Waals surface area contributed by atoms with Crippen LogP contribution in [-0.2, 0) is 14.3 Å². The van der Waals surface area contributed by atoms with E-state index in [2.05, 4.69) is 5.32 Å². The van der Waals surface area contributed by atoms with Crippen LogP contribution in [0.25, 0.3) is 0 Å². The van der Waals surface area contributed by atoms with E-state index in [4.69, 9.17) is 4.74 Å². The molecule has 0 aliphatic carbocycles. The van der Waals surface area contributed by atoms with E-state index in [1.54, 1.807) is 6.92 Å². The summed E-state index contributed by atoms with van der Waals surface area (Å²) in [6.07, 6.45) is -3.64. The maximum absolute atomic E-state index is 10.8. The lowest BCUT2D eigenvalue weighted by atomic mass is 9.94. The van der Waals surface area contributed by atoms with Gasteiger partial charge < -0.3 is 25.1 Å². The Bertz CT molecular complexity index is 257. The minimum Gasteiger partial charge on any atom is -0.388 e. The molecule has 0 aromatic carbocycles. The van der Waals surface area contributed by atoms with E-state index in [0.29, 0.717) is 6.29 Å². The van der Waals surface area contributed by atoms with Crippen molar-refractivity contribution in [1.82, 2.24) is 5.32 Å². The first-order valence-corrected chi connectivity index (χ1v) is 4.71. The number of aliphatic hydroxyl groups excluding tert-OH is 2. The minimum atomic E-state index is -1.31. The molecule has 5 atom stereocenters. The van der Waals surface area contributed by atoms with E-state index < -0.39 is 30.5 Å². The molecule has 3 N–H and O–H groups in total. The van der Waals surface area contributed by atoms with Gasteiger partial charge in [0.1, 0.15) is 18.3 Å². The number of aliphatic hydroxyl groups is 2. The van der Waals surface area contributed by atoms with Gasteiger partial charge in [-0.15, -0.1) is 0 Å². The summed E-state index contributed by atoms with van der Waals surface area (Å²) in [6.45, 7) is 2.92. The zero-order chi connectivity index (χ0) is 11.6. The number of amides is 1. The first kappa shape index (κ1) is 12.1. The number of nitrogens with one attached hydrogen (secondary N) is 1. The molecule has 86 valence electrons. The van der Waals surface area contributed by atoms with Crippen LogP contribution in [-0.4, -0.2) is 52.9 Å². The SMILES string of the molecule is CC(=O)N[C@H]1C(C)O[C@H](C=O)[C@H](O)C1O. The van der Waals surface area contributed by atoms with Crippen molar-refractivity contribution in [3.63, 3.8) is 0 Å². The van der Waals surface area contributed by atoms with Crippen LogP contribution < -0.4 is 5.32 Å². The first-order chi connectivity index (χ1) is 6.97. The van der Waals surface area contributed by atoms with E-state index in [9.17, 15) is 19.8 Å². The van der Waals surface area contributed by atoms with Crippen LogP contribution in [0, 0.1) is 0 Å². The molecule has 6 nitrogen and oxygen atoms in total. The molecule has 0 aromatic heterocycles. The molecule has 1 amide bonds. The van der Waals surface area contributed by atoms with Crippen LogP contribution in [0.3, 0.4) is 0 Å². The summed E-state index contributed by atoms with van der Waals surface area (Å²) < 4.78 is 5.14. The summed E-state index contributed by atoms with van der Waals surface area (Å²) in [6, 6.07) is -0.700. The van der Waals surface area contributed by atoms with Crippen LogP contribution in [0.2, 0.25) is 0 Å². The van der Waals surface area contributed by atoms with Crippen molar-refractivity contribution in [3.8, 4) is 0 Å². The second-order valence-electron chi connectivity index (χ2n) is 3.65. The summed E-state index contributed by atoms with van der Waals surface area (Å²) >= 11 is 0. The standard InChI is InChI=1S/C9H15NO5/c1-4-7(10-5(2)12)9(14)8(13)6(3-11)15-4/h3-4,6-9,13-14H,1-2H3,(H,10,12)/t4?,6-,7+,8+,9?/m1/s1. The molecule has 1 aliphatic heterocycles. The topological polar surface area (TPSA) is 95.9 Å². The molecule has 0 bridgehead atoms. The van der Waals surface area contributed by atoms with E-state index in [1.165, 1.54) is 6.92 Å². The molecule has 0 aromatic rings. The lowest BCUT2D eigenvalue weighted by Crippen LogP contribution is -2.62. The average Bonchev–Trinajstić information content (AvgIpc) is 2.18. The Hall–Kier alpha value is -0.980. The lowest BCUT2D eigenvalue weighted by molar-refractivity contribution is -0.179. The van der Waals surface area contributed by atoms with Crippen LogP contribution >= 0.6 is 0 Å². The van der Waals surface area contributed by atoms with Gasteiger partial charge in [0, 0.05) is 6.92 Å². The van der Waals surface area contributed by atoms with Crippen LogP contribution in [0.5, 0.6) is 0 Å². The fourth-order valence-electron chi connectivity index (χ4n) is 1.65. The molecule has 1 rings (SSSR count). The number of rotatable bonds is 2. The first-order valence-electron chi connectivity index (χ1n) is 4.71. The van der Waals surface area contributed by atoms with Gasteiger partial charge >= 0.3 is 0 Å². The fourth-order valence-corrected chi connectivity index (χ4v) is 1.65. The van der Waals surface area contributed by atoms with Crippen LogP contribution in [0.4, 0.5) is 0 Å². The summed E-state index contributed by atoms with van der Waals surface area (Å²) in [5.41, 5.74) is 0. The van der Waals surface area contributed by atoms with Gasteiger partial charge in [-0.1, -0.05) is 0 Å². The van der Waals surface area contributed by atoms with Crippen molar-refractivity contribution in [2.24, 2.45) is 0 Å². The molecule has 1 fully saturated rings. The van der Waals surface area contributed by atoms with Crippen molar-refractivity contribution in [1.29, 1.82) is 0 Å². The zero-order valence-corrected chi connectivity index (χ0v) is 8.58. The summed E-state index contributed by atoms with van der Waals surface area (Å²) in [7, 11) is 0. The van der Waals surface area contributed by atoms with E-state index in [-0.39, 0.29) is 5.91 Å². The minimum absolute atomic E-state index is 0.328. The van der Waals surface area contributed by atoms with Crippen LogP contribution in [0.15, 0.2) is 0 Å². The molecule has 1 heterocycles. The highest BCUT2D eigenvalue weighted by Gasteiger charge is 2.42. The second-order valence-corrected chi connectivity index (χ2v) is 3.65. The van der Waals surface area contributed by atoms with Gasteiger partial charge in [0.25, 0.3) is 0 Å². The van der Waals surface area contributed by atoms with E-state index in [0.717, 1.165) is 0 Å². The van der Waals surface area contributed by atoms with Gasteiger partial charge in [0.2, 0.25) is 5.91 Å². The third kappa shape index (κ3) is 2.53. The normalized spacial score (nSPS) is 40.9. The molecular weight excluding hydrogens is 202 g/mol. The second kappa shape index (κ2) is 4.69. The molecule has 15 heavy (non-hydrogen) atoms. The number of aldehydes is 1. The van der Waals surface area contributed by atoms with Gasteiger partial charge in [-0.05, 0) is 6.92 Å². The Morgan fingerprint density at radius 2 is 2.00 bits per heavy atom. The Morgan fingerprint density at radius 1 is 1.40 bits per heavy atom. The van der Waals surface area contributed by atoms with Gasteiger partial charge in [0.15, 0.2) is 6.29 Å². The quantitative estimate of drug-likeness (QED) is 0.474. The van der Waals surface area contributed by atoms with Gasteiger partial charge in [-0.25, -0.2) is 0 Å². The molecule has 0 radical (unpaired) electrons. The van der Waals surface area contributed by atoms with Gasteiger partial charge in [0.05, 0.1) is 12.1 Å². The van der Waals surface area contributed by atoms with Crippen molar-refractivity contribution >= 4 is 12.2 Å². The Kier molecular flexibility index (Phi) is 3.78. The number of ether oxygens (including phenoxy) is 1. The maximum atomic E-state index is 10.8. The smallest absolute Gasteiger partial charge is 0.217 e. The molecule has 0 spiro atoms. The lowest BCUT2D eigenvalue weighted by Gasteiger charge is -2.39. The van der Waals surface area contributed by atoms with Crippen molar-refractivity contribution in [2.45, 2.75) is 44.3 Å². The van der Waals surface area contributed by atoms with Crippen LogP contribution in [0.1, 0.15) is 13.8 Å². The van der Waals surface area contributed by atoms with E-state index >= 15 is 0 Å². The third-order valence-corrected chi connectivity index (χ3v) is 2.44. The van der Waals surface area contributed by atoms with Gasteiger partial charge in [-0.2, -0.15) is 0 Å². The Balaban J connectivity index is 2.74. The Morgan fingerprint density at radius 3 is 2.47 bits per heavy atom. The van der Waals surface area contributed by atoms with E-state index in [1.807, 2.05) is 0 Å². The summed E-state index contributed by atoms with van der Waals surface area (Å²) in [5.74, 6) is -0.328. The largest absolute Gasteiger partial charge is 0.388 e. The highest BCUT2D eigenvalue weighted by molar-refractivity contribution is 5.73. The monoisotopic (exact) mass is 217 g/mol. The third-order valence-electron chi connectivity index (χ3n) is 2.44. The van der Waals surface area contributed by atoms with Gasteiger partial charge in [-0.3, -0.25) is 4.79 Å². The van der Waals surface area contributed by atoms with Crippen molar-refractivity contribution in [3.05, 3.63) is 0 Å². The molecule has 1 aliphatic rings. The number of hydrogen-bond acceptors (Lipinski definition) is 5. The summed E-state index contributed by atoms with van der Waals surface area (Å²) in [4.78, 5) is 21.3. The van der Waals surface area contributed by atoms with Crippen molar-refractivity contribution in [2.75, 3.05) is 0 Å². The predicted molar refractivity (Wildman–Crippen MR) is 50.0 cm³/mol. The molecular formula is C9H15NO5. The molecule has 2 unspecified atom stereocenters. The Labute approximate surface area is 87.2 Å².